The number of nitrogens with zero attached hydrogens (tertiary/aromatic N) is 2. The van der Waals surface area contributed by atoms with E-state index < -0.39 is 10.4 Å². The lowest BCUT2D eigenvalue weighted by atomic mass is 10.2. The van der Waals surface area contributed by atoms with Crippen molar-refractivity contribution in [1.82, 2.24) is 9.97 Å². The minimum absolute atomic E-state index is 0.950. The lowest BCUT2D eigenvalue weighted by molar-refractivity contribution is -0.139. The molecule has 0 bridgehead atoms. The van der Waals surface area contributed by atoms with Crippen LogP contribution in [0.1, 0.15) is 0 Å². The van der Waals surface area contributed by atoms with Gasteiger partial charge in [0.05, 0.1) is 22.1 Å². The molecule has 104 valence electrons. The Morgan fingerprint density at radius 1 is 0.800 bits per heavy atom. The van der Waals surface area contributed by atoms with Gasteiger partial charge in [-0.05, 0) is 24.3 Å². The Bertz CT molecular complexity index is 730. The van der Waals surface area contributed by atoms with Crippen LogP contribution in [0.5, 0.6) is 0 Å². The van der Waals surface area contributed by atoms with Gasteiger partial charge in [0.15, 0.2) is 0 Å². The van der Waals surface area contributed by atoms with Crippen LogP contribution in [0.2, 0.25) is 0 Å². The number of hydrogen-bond donors (Lipinski definition) is 2. The van der Waals surface area contributed by atoms with E-state index in [1.54, 1.807) is 0 Å². The van der Waals surface area contributed by atoms with Crippen LogP contribution in [-0.2, 0) is 14.7 Å². The van der Waals surface area contributed by atoms with Crippen molar-refractivity contribution in [2.45, 2.75) is 0 Å². The lowest BCUT2D eigenvalue weighted by Gasteiger charge is -1.98. The summed E-state index contributed by atoms with van der Waals surface area (Å²) in [5, 5.41) is 7.06. The predicted molar refractivity (Wildman–Crippen MR) is 72.3 cm³/mol. The standard InChI is InChI=1S/C12H8N2.H2O5S/c1-2-6-10-9(5-1)13-11-7-3-4-8-12(11)14-10;1-5-6(2,3)4/h1-8H;1H,(H,2,3,4). The maximum Gasteiger partial charge on any atom is 0.423 e. The average Bonchev–Trinajstić information content (AvgIpc) is 2.45. The lowest BCUT2D eigenvalue weighted by Crippen LogP contribution is -1.97. The summed E-state index contributed by atoms with van der Waals surface area (Å²) in [6.45, 7) is 0. The number of aromatic nitrogens is 2. The first-order valence-electron chi connectivity index (χ1n) is 5.41. The van der Waals surface area contributed by atoms with Gasteiger partial charge in [0.2, 0.25) is 0 Å². The molecule has 20 heavy (non-hydrogen) atoms. The molecule has 0 unspecified atom stereocenters. The summed E-state index contributed by atoms with van der Waals surface area (Å²) < 4.78 is 28.0. The summed E-state index contributed by atoms with van der Waals surface area (Å²) in [7, 11) is -4.61. The van der Waals surface area contributed by atoms with E-state index in [1.165, 1.54) is 0 Å². The summed E-state index contributed by atoms with van der Waals surface area (Å²) in [5.74, 6) is 0. The fraction of sp³-hybridized carbons (Fsp3) is 0. The third-order valence-corrected chi connectivity index (χ3v) is 2.53. The molecule has 0 fully saturated rings. The minimum atomic E-state index is -4.61. The highest BCUT2D eigenvalue weighted by Crippen LogP contribution is 2.14. The van der Waals surface area contributed by atoms with Crippen LogP contribution >= 0.6 is 0 Å². The Hall–Kier alpha value is -2.13. The molecule has 0 saturated heterocycles. The van der Waals surface area contributed by atoms with E-state index in [1.807, 2.05) is 48.5 Å². The van der Waals surface area contributed by atoms with Gasteiger partial charge >= 0.3 is 10.4 Å². The van der Waals surface area contributed by atoms with Crippen molar-refractivity contribution in [3.8, 4) is 0 Å². The molecule has 3 rings (SSSR count). The molecule has 0 aliphatic carbocycles. The molecule has 0 saturated carbocycles. The Morgan fingerprint density at radius 3 is 1.25 bits per heavy atom. The van der Waals surface area contributed by atoms with Gasteiger partial charge in [-0.25, -0.2) is 15.2 Å². The molecule has 1 aromatic heterocycles. The Kier molecular flexibility index (Phi) is 4.20. The van der Waals surface area contributed by atoms with E-state index in [-0.39, 0.29) is 0 Å². The van der Waals surface area contributed by atoms with Gasteiger partial charge < -0.3 is 0 Å². The van der Waals surface area contributed by atoms with E-state index in [0.717, 1.165) is 22.1 Å². The van der Waals surface area contributed by atoms with Crippen molar-refractivity contribution in [3.05, 3.63) is 48.5 Å². The number of para-hydroxylation sites is 4. The fourth-order valence-corrected chi connectivity index (χ4v) is 1.57. The Labute approximate surface area is 114 Å². The molecule has 0 amide bonds. The van der Waals surface area contributed by atoms with Gasteiger partial charge in [-0.15, -0.1) is 0 Å². The molecule has 3 aromatic rings. The second kappa shape index (κ2) is 5.88. The van der Waals surface area contributed by atoms with Gasteiger partial charge in [0, 0.05) is 0 Å². The monoisotopic (exact) mass is 294 g/mol. The average molecular weight is 294 g/mol. The van der Waals surface area contributed by atoms with Crippen LogP contribution in [-0.4, -0.2) is 28.2 Å². The van der Waals surface area contributed by atoms with E-state index in [9.17, 15) is 0 Å². The minimum Gasteiger partial charge on any atom is -0.262 e. The molecule has 0 aliphatic heterocycles. The zero-order valence-corrected chi connectivity index (χ0v) is 10.9. The smallest absolute Gasteiger partial charge is 0.262 e. The SMILES string of the molecule is O=S(=O)(O)OO.c1ccc2nc3ccccc3nc2c1. The van der Waals surface area contributed by atoms with E-state index in [4.69, 9.17) is 18.2 Å². The second-order valence-electron chi connectivity index (χ2n) is 3.70. The number of fused-ring (bicyclic) bond motifs is 2. The second-order valence-corrected chi connectivity index (χ2v) is 4.71. The van der Waals surface area contributed by atoms with E-state index >= 15 is 0 Å². The summed E-state index contributed by atoms with van der Waals surface area (Å²) in [5.41, 5.74) is 3.80. The quantitative estimate of drug-likeness (QED) is 0.306. The van der Waals surface area contributed by atoms with Crippen molar-refractivity contribution in [2.75, 3.05) is 0 Å². The summed E-state index contributed by atoms with van der Waals surface area (Å²) in [6, 6.07) is 15.8. The largest absolute Gasteiger partial charge is 0.423 e. The van der Waals surface area contributed by atoms with Crippen LogP contribution in [0.4, 0.5) is 0 Å². The molecule has 1 heterocycles. The molecular formula is C12H10N2O5S. The molecule has 7 nitrogen and oxygen atoms in total. The zero-order chi connectivity index (χ0) is 14.6. The van der Waals surface area contributed by atoms with Gasteiger partial charge in [0.1, 0.15) is 0 Å². The molecule has 0 spiro atoms. The fourth-order valence-electron chi connectivity index (χ4n) is 1.57. The molecule has 2 N–H and O–H groups in total. The van der Waals surface area contributed by atoms with Crippen molar-refractivity contribution in [1.29, 1.82) is 0 Å². The highest BCUT2D eigenvalue weighted by atomic mass is 32.3. The van der Waals surface area contributed by atoms with Crippen LogP contribution in [0, 0.1) is 0 Å². The van der Waals surface area contributed by atoms with Crippen LogP contribution in [0.3, 0.4) is 0 Å². The summed E-state index contributed by atoms with van der Waals surface area (Å²) in [6.07, 6.45) is 0. The molecule has 0 atom stereocenters. The third-order valence-electron chi connectivity index (χ3n) is 2.34. The maximum absolute atomic E-state index is 9.08. The molecule has 0 radical (unpaired) electrons. The maximum atomic E-state index is 9.08. The van der Waals surface area contributed by atoms with Crippen molar-refractivity contribution >= 4 is 32.5 Å². The first-order chi connectivity index (χ1) is 9.49. The van der Waals surface area contributed by atoms with Crippen molar-refractivity contribution in [3.63, 3.8) is 0 Å². The van der Waals surface area contributed by atoms with Gasteiger partial charge in [-0.1, -0.05) is 28.6 Å². The number of benzene rings is 2. The van der Waals surface area contributed by atoms with Gasteiger partial charge in [-0.3, -0.25) is 4.55 Å². The highest BCUT2D eigenvalue weighted by molar-refractivity contribution is 7.80. The van der Waals surface area contributed by atoms with Crippen LogP contribution in [0.25, 0.3) is 22.1 Å². The van der Waals surface area contributed by atoms with E-state index in [2.05, 4.69) is 14.3 Å². The Balaban J connectivity index is 0.000000212. The number of rotatable bonds is 1. The molecule has 8 heteroatoms. The normalized spacial score (nSPS) is 11.1. The molecule has 0 aliphatic rings. The van der Waals surface area contributed by atoms with Crippen molar-refractivity contribution < 1.29 is 22.6 Å². The molecular weight excluding hydrogens is 284 g/mol. The Morgan fingerprint density at radius 2 is 1.05 bits per heavy atom. The number of hydrogen-bond acceptors (Lipinski definition) is 6. The third kappa shape index (κ3) is 3.68. The topological polar surface area (TPSA) is 110 Å². The van der Waals surface area contributed by atoms with Gasteiger partial charge in [-0.2, -0.15) is 8.42 Å². The predicted octanol–water partition coefficient (Wildman–Crippen LogP) is 2.06. The van der Waals surface area contributed by atoms with Crippen molar-refractivity contribution in [2.24, 2.45) is 0 Å². The van der Waals surface area contributed by atoms with E-state index in [0.29, 0.717) is 0 Å². The highest BCUT2D eigenvalue weighted by Gasteiger charge is 1.98. The van der Waals surface area contributed by atoms with Gasteiger partial charge in [0.25, 0.3) is 0 Å². The first-order valence-corrected chi connectivity index (χ1v) is 6.78. The zero-order valence-electron chi connectivity index (χ0n) is 10.0. The summed E-state index contributed by atoms with van der Waals surface area (Å²) in [4.78, 5) is 9.03. The summed E-state index contributed by atoms with van der Waals surface area (Å²) >= 11 is 0. The molecule has 2 aromatic carbocycles. The van der Waals surface area contributed by atoms with Crippen LogP contribution in [0.15, 0.2) is 48.5 Å². The van der Waals surface area contributed by atoms with Crippen LogP contribution < -0.4 is 0 Å². The first kappa shape index (κ1) is 14.3.